The maximum Gasteiger partial charge on any atom is 0.224 e. The van der Waals surface area contributed by atoms with Crippen molar-refractivity contribution in [2.75, 3.05) is 5.32 Å². The third-order valence-corrected chi connectivity index (χ3v) is 6.01. The lowest BCUT2D eigenvalue weighted by Crippen LogP contribution is -2.08. The summed E-state index contributed by atoms with van der Waals surface area (Å²) in [7, 11) is 0. The predicted molar refractivity (Wildman–Crippen MR) is 165 cm³/mol. The Bertz CT molecular complexity index is 766. The molecule has 0 saturated carbocycles. The van der Waals surface area contributed by atoms with E-state index in [1.54, 1.807) is 0 Å². The predicted octanol–water partition coefficient (Wildman–Crippen LogP) is 10.8. The molecule has 2 aromatic rings. The maximum absolute atomic E-state index is 11.0. The van der Waals surface area contributed by atoms with E-state index in [0.29, 0.717) is 6.42 Å². The molecule has 1 N–H and O–H groups in total. The summed E-state index contributed by atoms with van der Waals surface area (Å²) >= 11 is 3.39. The summed E-state index contributed by atoms with van der Waals surface area (Å²) < 4.78 is 1.02. The quantitative estimate of drug-likeness (QED) is 0.308. The third kappa shape index (κ3) is 19.3. The highest BCUT2D eigenvalue weighted by Crippen LogP contribution is 2.19. The van der Waals surface area contributed by atoms with Crippen LogP contribution in [0.2, 0.25) is 0 Å². The standard InChI is InChI=1S/C10H13NO.C9H9BrO.C9H20.2C2H6/c1-3-10(12)11-9-6-4-8(2)5-7-9;1-2-8-7(6-11)4-3-5-9(8)10;1-4-7-9(6-3)8-5-2;2*1-2/h4-7H,3H2,1-2H3,(H,11,12);3-6H,2H2,1H3;9H,4-8H2,1-3H3;2*1-2H3. The summed E-state index contributed by atoms with van der Waals surface area (Å²) in [6.45, 7) is 20.7. The van der Waals surface area contributed by atoms with Crippen molar-refractivity contribution in [3.8, 4) is 0 Å². The van der Waals surface area contributed by atoms with Crippen molar-refractivity contribution >= 4 is 33.8 Å². The number of anilines is 1. The average Bonchev–Trinajstić information content (AvgIpc) is 2.92. The Morgan fingerprint density at radius 3 is 1.78 bits per heavy atom. The first-order valence-electron chi connectivity index (χ1n) is 14.0. The highest BCUT2D eigenvalue weighted by molar-refractivity contribution is 9.10. The number of carbonyl (C=O) groups is 2. The van der Waals surface area contributed by atoms with Gasteiger partial charge in [0.1, 0.15) is 6.29 Å². The summed E-state index contributed by atoms with van der Waals surface area (Å²) in [4.78, 5) is 21.5. The molecule has 0 aliphatic heterocycles. The number of rotatable bonds is 9. The second kappa shape index (κ2) is 27.6. The Labute approximate surface area is 232 Å². The van der Waals surface area contributed by atoms with Crippen molar-refractivity contribution in [3.05, 3.63) is 63.6 Å². The summed E-state index contributed by atoms with van der Waals surface area (Å²) in [6, 6.07) is 13.4. The molecule has 3 nitrogen and oxygen atoms in total. The van der Waals surface area contributed by atoms with E-state index >= 15 is 0 Å². The molecule has 0 atom stereocenters. The molecule has 0 spiro atoms. The van der Waals surface area contributed by atoms with E-state index in [1.807, 2.05) is 90.9 Å². The number of nitrogens with one attached hydrogen (secondary N) is 1. The van der Waals surface area contributed by atoms with Gasteiger partial charge in [0.2, 0.25) is 5.91 Å². The van der Waals surface area contributed by atoms with Crippen molar-refractivity contribution < 1.29 is 9.59 Å². The fraction of sp³-hybridized carbons (Fsp3) is 0.562. The Morgan fingerprint density at radius 2 is 1.42 bits per heavy atom. The molecule has 0 bridgehead atoms. The Hall–Kier alpha value is -1.94. The number of hydrogen-bond donors (Lipinski definition) is 1. The van der Waals surface area contributed by atoms with Crippen LogP contribution >= 0.6 is 15.9 Å². The number of halogens is 1. The van der Waals surface area contributed by atoms with E-state index in [-0.39, 0.29) is 5.91 Å². The Balaban J connectivity index is -0.000000427. The van der Waals surface area contributed by atoms with E-state index in [1.165, 1.54) is 37.7 Å². The van der Waals surface area contributed by atoms with Crippen LogP contribution in [-0.4, -0.2) is 12.2 Å². The lowest BCUT2D eigenvalue weighted by atomic mass is 9.96. The van der Waals surface area contributed by atoms with Crippen LogP contribution in [0.15, 0.2) is 46.9 Å². The lowest BCUT2D eigenvalue weighted by molar-refractivity contribution is -0.115. The molecule has 0 aliphatic rings. The fourth-order valence-electron chi connectivity index (χ4n) is 3.31. The molecule has 206 valence electrons. The number of aryl methyl sites for hydroxylation is 1. The Kier molecular flexibility index (Phi) is 29.6. The fourth-order valence-corrected chi connectivity index (χ4v) is 3.98. The molecule has 0 heterocycles. The van der Waals surface area contributed by atoms with Crippen molar-refractivity contribution in [1.82, 2.24) is 0 Å². The van der Waals surface area contributed by atoms with Gasteiger partial charge in [-0.2, -0.15) is 0 Å². The van der Waals surface area contributed by atoms with Gasteiger partial charge in [0, 0.05) is 22.1 Å². The van der Waals surface area contributed by atoms with Crippen LogP contribution in [0, 0.1) is 12.8 Å². The summed E-state index contributed by atoms with van der Waals surface area (Å²) in [5.74, 6) is 1.07. The SMILES string of the molecule is CC.CC.CCC(=O)Nc1ccc(C)cc1.CCCC(CC)CCC.CCc1c(Br)cccc1C=O. The Morgan fingerprint density at radius 1 is 0.889 bits per heavy atom. The number of carbonyl (C=O) groups excluding carboxylic acids is 2. The molecular weight excluding hydrogens is 510 g/mol. The van der Waals surface area contributed by atoms with E-state index in [9.17, 15) is 9.59 Å². The average molecular weight is 565 g/mol. The van der Waals surface area contributed by atoms with Gasteiger partial charge in [-0.25, -0.2) is 0 Å². The van der Waals surface area contributed by atoms with Gasteiger partial charge < -0.3 is 5.32 Å². The second-order valence-electron chi connectivity index (χ2n) is 7.90. The van der Waals surface area contributed by atoms with Crippen LogP contribution in [0.25, 0.3) is 0 Å². The van der Waals surface area contributed by atoms with Gasteiger partial charge in [0.15, 0.2) is 0 Å². The van der Waals surface area contributed by atoms with Gasteiger partial charge >= 0.3 is 0 Å². The minimum atomic E-state index is 0.0545. The van der Waals surface area contributed by atoms with Gasteiger partial charge in [-0.15, -0.1) is 0 Å². The van der Waals surface area contributed by atoms with Gasteiger partial charge in [0.25, 0.3) is 0 Å². The van der Waals surface area contributed by atoms with E-state index < -0.39 is 0 Å². The first kappa shape index (κ1) is 38.6. The molecule has 0 fully saturated rings. The van der Waals surface area contributed by atoms with Crippen LogP contribution < -0.4 is 5.32 Å². The molecule has 36 heavy (non-hydrogen) atoms. The highest BCUT2D eigenvalue weighted by Gasteiger charge is 2.02. The zero-order valence-corrected chi connectivity index (χ0v) is 26.4. The van der Waals surface area contributed by atoms with Gasteiger partial charge in [-0.05, 0) is 43.0 Å². The van der Waals surface area contributed by atoms with E-state index in [4.69, 9.17) is 0 Å². The summed E-state index contributed by atoms with van der Waals surface area (Å²) in [6.07, 6.45) is 9.26. The first-order chi connectivity index (χ1) is 17.4. The van der Waals surface area contributed by atoms with Crippen LogP contribution in [-0.2, 0) is 11.2 Å². The monoisotopic (exact) mass is 563 g/mol. The molecule has 0 radical (unpaired) electrons. The summed E-state index contributed by atoms with van der Waals surface area (Å²) in [5, 5.41) is 2.78. The number of hydrogen-bond acceptors (Lipinski definition) is 2. The van der Waals surface area contributed by atoms with E-state index in [0.717, 1.165) is 39.9 Å². The van der Waals surface area contributed by atoms with Crippen molar-refractivity contribution in [2.24, 2.45) is 5.92 Å². The molecule has 2 aromatic carbocycles. The number of aldehydes is 1. The van der Waals surface area contributed by atoms with Gasteiger partial charge in [-0.1, -0.05) is 140 Å². The molecule has 0 aromatic heterocycles. The highest BCUT2D eigenvalue weighted by atomic mass is 79.9. The zero-order valence-electron chi connectivity index (χ0n) is 24.8. The van der Waals surface area contributed by atoms with Crippen molar-refractivity contribution in [3.63, 3.8) is 0 Å². The normalized spacial score (nSPS) is 9.11. The second-order valence-corrected chi connectivity index (χ2v) is 8.75. The zero-order chi connectivity index (χ0) is 28.4. The van der Waals surface area contributed by atoms with Crippen LogP contribution in [0.5, 0.6) is 0 Å². The first-order valence-corrected chi connectivity index (χ1v) is 14.7. The molecular formula is C32H54BrNO2. The minimum absolute atomic E-state index is 0.0545. The van der Waals surface area contributed by atoms with Gasteiger partial charge in [0.05, 0.1) is 0 Å². The van der Waals surface area contributed by atoms with Crippen molar-refractivity contribution in [1.29, 1.82) is 0 Å². The molecule has 1 amide bonds. The van der Waals surface area contributed by atoms with Crippen LogP contribution in [0.4, 0.5) is 5.69 Å². The molecule has 0 unspecified atom stereocenters. The largest absolute Gasteiger partial charge is 0.326 e. The number of benzene rings is 2. The molecule has 0 saturated heterocycles. The topological polar surface area (TPSA) is 46.2 Å². The van der Waals surface area contributed by atoms with Crippen LogP contribution in [0.1, 0.15) is 122 Å². The number of amides is 1. The van der Waals surface area contributed by atoms with E-state index in [2.05, 4.69) is 42.0 Å². The summed E-state index contributed by atoms with van der Waals surface area (Å²) in [5.41, 5.74) is 3.93. The maximum atomic E-state index is 11.0. The third-order valence-electron chi connectivity index (χ3n) is 5.26. The smallest absolute Gasteiger partial charge is 0.224 e. The molecule has 4 heteroatoms. The van der Waals surface area contributed by atoms with Crippen molar-refractivity contribution in [2.45, 2.75) is 114 Å². The lowest BCUT2D eigenvalue weighted by Gasteiger charge is -2.10. The van der Waals surface area contributed by atoms with Crippen LogP contribution in [0.3, 0.4) is 0 Å². The van der Waals surface area contributed by atoms with Gasteiger partial charge in [-0.3, -0.25) is 9.59 Å². The minimum Gasteiger partial charge on any atom is -0.326 e. The molecule has 0 aliphatic carbocycles. The molecule has 2 rings (SSSR count).